The predicted molar refractivity (Wildman–Crippen MR) is 53.0 cm³/mol. The smallest absolute Gasteiger partial charge is 0.195 e. The molecule has 0 aromatic heterocycles. The van der Waals surface area contributed by atoms with Crippen molar-refractivity contribution in [3.63, 3.8) is 0 Å². The molecule has 0 saturated carbocycles. The molecule has 76 valence electrons. The molecule has 2 atom stereocenters. The van der Waals surface area contributed by atoms with Crippen molar-refractivity contribution in [2.24, 2.45) is 16.3 Å². The molecule has 1 aliphatic heterocycles. The van der Waals surface area contributed by atoms with Gasteiger partial charge in [0.05, 0.1) is 0 Å². The van der Waals surface area contributed by atoms with Crippen LogP contribution in [-0.4, -0.2) is 12.5 Å². The third-order valence-corrected chi connectivity index (χ3v) is 3.19. The van der Waals surface area contributed by atoms with E-state index in [0.29, 0.717) is 12.6 Å². The summed E-state index contributed by atoms with van der Waals surface area (Å²) in [6, 6.07) is 0. The van der Waals surface area contributed by atoms with E-state index in [4.69, 9.17) is 0 Å². The van der Waals surface area contributed by atoms with Crippen molar-refractivity contribution < 1.29 is 5.17 Å². The van der Waals surface area contributed by atoms with Crippen LogP contribution in [0.25, 0.3) is 0 Å². The lowest BCUT2D eigenvalue weighted by atomic mass is 9.76. The molecule has 2 unspecified atom stereocenters. The van der Waals surface area contributed by atoms with Crippen molar-refractivity contribution in [1.82, 2.24) is 5.43 Å². The van der Waals surface area contributed by atoms with Gasteiger partial charge >= 0.3 is 0 Å². The number of aliphatic imine (C=N–C) groups is 1. The zero-order chi connectivity index (χ0) is 10.1. The molecule has 1 aliphatic rings. The first-order valence-corrected chi connectivity index (χ1v) is 4.85. The van der Waals surface area contributed by atoms with E-state index in [9.17, 15) is 5.21 Å². The first kappa shape index (κ1) is 10.5. The molecule has 2 N–H and O–H groups in total. The zero-order valence-corrected chi connectivity index (χ0v) is 8.85. The summed E-state index contributed by atoms with van der Waals surface area (Å²) in [6.07, 6.45) is 1.00. The number of nitrogens with one attached hydrogen (secondary N) is 2. The molecule has 0 aromatic rings. The van der Waals surface area contributed by atoms with Crippen LogP contribution < -0.4 is 10.6 Å². The number of rotatable bonds is 3. The van der Waals surface area contributed by atoms with Crippen LogP contribution in [-0.2, 0) is 0 Å². The molecule has 0 radical (unpaired) electrons. The van der Waals surface area contributed by atoms with Gasteiger partial charge in [0.15, 0.2) is 12.5 Å². The number of amidine groups is 1. The third-order valence-electron chi connectivity index (χ3n) is 3.19. The van der Waals surface area contributed by atoms with Crippen LogP contribution in [0.2, 0.25) is 0 Å². The van der Waals surface area contributed by atoms with Crippen molar-refractivity contribution in [1.29, 1.82) is 0 Å². The SMILES string of the molecule is CCC(C)(C1=NC[NH+]([O-])N1)C(C)C. The highest BCUT2D eigenvalue weighted by atomic mass is 16.5. The number of quaternary nitrogens is 1. The van der Waals surface area contributed by atoms with E-state index in [2.05, 4.69) is 38.1 Å². The monoisotopic (exact) mass is 185 g/mol. The molecular weight excluding hydrogens is 166 g/mol. The Kier molecular flexibility index (Phi) is 2.93. The van der Waals surface area contributed by atoms with E-state index in [1.807, 2.05) is 0 Å². The van der Waals surface area contributed by atoms with Crippen molar-refractivity contribution >= 4 is 5.84 Å². The topological polar surface area (TPSA) is 51.9 Å². The second kappa shape index (κ2) is 3.64. The van der Waals surface area contributed by atoms with Gasteiger partial charge in [-0.15, -0.1) is 0 Å². The fourth-order valence-electron chi connectivity index (χ4n) is 1.53. The van der Waals surface area contributed by atoms with Gasteiger partial charge in [-0.2, -0.15) is 0 Å². The van der Waals surface area contributed by atoms with E-state index in [1.54, 1.807) is 0 Å². The lowest BCUT2D eigenvalue weighted by molar-refractivity contribution is -0.877. The van der Waals surface area contributed by atoms with Crippen LogP contribution in [0, 0.1) is 16.5 Å². The predicted octanol–water partition coefficient (Wildman–Crippen LogP) is 0.316. The Balaban J connectivity index is 2.78. The quantitative estimate of drug-likeness (QED) is 0.622. The Morgan fingerprint density at radius 2 is 2.31 bits per heavy atom. The van der Waals surface area contributed by atoms with Crippen LogP contribution >= 0.6 is 0 Å². The van der Waals surface area contributed by atoms with Gasteiger partial charge < -0.3 is 5.21 Å². The molecule has 0 aliphatic carbocycles. The summed E-state index contributed by atoms with van der Waals surface area (Å²) in [5.41, 5.74) is 2.86. The van der Waals surface area contributed by atoms with Crippen molar-refractivity contribution in [3.8, 4) is 0 Å². The van der Waals surface area contributed by atoms with E-state index in [1.165, 1.54) is 0 Å². The molecular formula is C9H19N3O. The minimum Gasteiger partial charge on any atom is -0.606 e. The molecule has 1 heterocycles. The van der Waals surface area contributed by atoms with Crippen molar-refractivity contribution in [2.75, 3.05) is 6.67 Å². The zero-order valence-electron chi connectivity index (χ0n) is 8.85. The van der Waals surface area contributed by atoms with Gasteiger partial charge in [-0.25, -0.2) is 10.4 Å². The molecule has 0 amide bonds. The summed E-state index contributed by atoms with van der Waals surface area (Å²) in [5.74, 6) is 1.37. The summed E-state index contributed by atoms with van der Waals surface area (Å²) < 4.78 is 0. The minimum atomic E-state index is 0.0200. The molecule has 0 bridgehead atoms. The van der Waals surface area contributed by atoms with Gasteiger partial charge in [-0.3, -0.25) is 5.17 Å². The van der Waals surface area contributed by atoms with Gasteiger partial charge in [0.1, 0.15) is 0 Å². The number of hydrogen-bond donors (Lipinski definition) is 2. The van der Waals surface area contributed by atoms with Crippen molar-refractivity contribution in [2.45, 2.75) is 34.1 Å². The second-order valence-electron chi connectivity index (χ2n) is 4.14. The van der Waals surface area contributed by atoms with E-state index in [-0.39, 0.29) is 10.6 Å². The first-order valence-electron chi connectivity index (χ1n) is 4.85. The van der Waals surface area contributed by atoms with Gasteiger partial charge in [-0.1, -0.05) is 27.7 Å². The van der Waals surface area contributed by atoms with E-state index < -0.39 is 0 Å². The number of hydrogen-bond acceptors (Lipinski definition) is 3. The van der Waals surface area contributed by atoms with Gasteiger partial charge in [-0.05, 0) is 12.3 Å². The highest BCUT2D eigenvalue weighted by Gasteiger charge is 2.35. The third kappa shape index (κ3) is 1.84. The van der Waals surface area contributed by atoms with Gasteiger partial charge in [0, 0.05) is 5.41 Å². The second-order valence-corrected chi connectivity index (χ2v) is 4.14. The molecule has 4 nitrogen and oxygen atoms in total. The summed E-state index contributed by atoms with van der Waals surface area (Å²) in [4.78, 5) is 4.24. The summed E-state index contributed by atoms with van der Waals surface area (Å²) in [6.45, 7) is 8.92. The maximum Gasteiger partial charge on any atom is 0.195 e. The van der Waals surface area contributed by atoms with Crippen LogP contribution in [0.5, 0.6) is 0 Å². The van der Waals surface area contributed by atoms with Crippen LogP contribution in [0.1, 0.15) is 34.1 Å². The average molecular weight is 185 g/mol. The highest BCUT2D eigenvalue weighted by Crippen LogP contribution is 2.31. The normalized spacial score (nSPS) is 26.9. The van der Waals surface area contributed by atoms with Crippen LogP contribution in [0.4, 0.5) is 0 Å². The van der Waals surface area contributed by atoms with E-state index in [0.717, 1.165) is 12.3 Å². The minimum absolute atomic E-state index is 0.0200. The molecule has 4 heteroatoms. The lowest BCUT2D eigenvalue weighted by Gasteiger charge is -2.32. The standard InChI is InChI=1S/C9H19N3O/c1-5-9(4,7(2)3)8-10-6-12(13)11-8/h7,12H,5-6H2,1-4H3,(H,10,11). The molecule has 0 spiro atoms. The Morgan fingerprint density at radius 1 is 1.69 bits per heavy atom. The Morgan fingerprint density at radius 3 is 2.62 bits per heavy atom. The lowest BCUT2D eigenvalue weighted by Crippen LogP contribution is -3.12. The number of nitrogens with zero attached hydrogens (tertiary/aromatic N) is 1. The van der Waals surface area contributed by atoms with Crippen LogP contribution in [0.15, 0.2) is 4.99 Å². The Hall–Kier alpha value is -0.610. The maximum absolute atomic E-state index is 11.0. The molecule has 0 fully saturated rings. The fourth-order valence-corrected chi connectivity index (χ4v) is 1.53. The highest BCUT2D eigenvalue weighted by molar-refractivity contribution is 5.87. The summed E-state index contributed by atoms with van der Waals surface area (Å²) >= 11 is 0. The van der Waals surface area contributed by atoms with Crippen LogP contribution in [0.3, 0.4) is 0 Å². The largest absolute Gasteiger partial charge is 0.606 e. The Bertz CT molecular complexity index is 215. The van der Waals surface area contributed by atoms with E-state index >= 15 is 0 Å². The number of hydroxylamine groups is 1. The summed E-state index contributed by atoms with van der Waals surface area (Å²) in [7, 11) is 0. The molecule has 1 rings (SSSR count). The van der Waals surface area contributed by atoms with Crippen molar-refractivity contribution in [3.05, 3.63) is 5.21 Å². The fraction of sp³-hybridized carbons (Fsp3) is 0.889. The maximum atomic E-state index is 11.0. The van der Waals surface area contributed by atoms with Gasteiger partial charge in [0.25, 0.3) is 0 Å². The molecule has 0 aromatic carbocycles. The Labute approximate surface area is 79.6 Å². The summed E-state index contributed by atoms with van der Waals surface area (Å²) in [5, 5.41) is 11.0. The first-order chi connectivity index (χ1) is 6.00. The van der Waals surface area contributed by atoms with Gasteiger partial charge in [0.2, 0.25) is 0 Å². The molecule has 13 heavy (non-hydrogen) atoms. The molecule has 0 saturated heterocycles. The average Bonchev–Trinajstić information content (AvgIpc) is 2.50.